The van der Waals surface area contributed by atoms with Crippen molar-refractivity contribution in [3.63, 3.8) is 0 Å². The Hall–Kier alpha value is -2.02. The first-order valence-electron chi connectivity index (χ1n) is 5.10. The molecule has 0 fully saturated rings. The van der Waals surface area contributed by atoms with E-state index in [4.69, 9.17) is 5.73 Å². The van der Waals surface area contributed by atoms with Crippen molar-refractivity contribution in [2.24, 2.45) is 0 Å². The summed E-state index contributed by atoms with van der Waals surface area (Å²) < 4.78 is 1.74. The Morgan fingerprint density at radius 2 is 2.24 bits per heavy atom. The maximum atomic E-state index is 5.59. The Bertz CT molecular complexity index is 670. The molecule has 17 heavy (non-hydrogen) atoms. The minimum absolute atomic E-state index is 0.568. The molecule has 0 aliphatic carbocycles. The first-order valence-corrected chi connectivity index (χ1v) is 5.98. The van der Waals surface area contributed by atoms with Gasteiger partial charge in [-0.05, 0) is 19.1 Å². The Morgan fingerprint density at radius 3 is 3.00 bits per heavy atom. The fourth-order valence-electron chi connectivity index (χ4n) is 1.60. The Balaban J connectivity index is 2.03. The molecule has 0 radical (unpaired) electrons. The average molecular weight is 246 g/mol. The number of hydrogen-bond acceptors (Lipinski definition) is 6. The summed E-state index contributed by atoms with van der Waals surface area (Å²) in [6.07, 6.45) is 0.589. The monoisotopic (exact) mass is 246 g/mol. The van der Waals surface area contributed by atoms with Gasteiger partial charge >= 0.3 is 0 Å². The van der Waals surface area contributed by atoms with Crippen LogP contribution in [-0.2, 0) is 6.42 Å². The second-order valence-corrected chi connectivity index (χ2v) is 4.60. The van der Waals surface area contributed by atoms with E-state index in [9.17, 15) is 0 Å². The van der Waals surface area contributed by atoms with Gasteiger partial charge in [0.05, 0.1) is 17.8 Å². The molecule has 0 unspecified atom stereocenters. The van der Waals surface area contributed by atoms with E-state index in [0.717, 1.165) is 22.9 Å². The molecule has 86 valence electrons. The lowest BCUT2D eigenvalue weighted by molar-refractivity contribution is 0.814. The predicted octanol–water partition coefficient (Wildman–Crippen LogP) is 1.06. The third-order valence-corrected chi connectivity index (χ3v) is 3.09. The van der Waals surface area contributed by atoms with E-state index >= 15 is 0 Å². The van der Waals surface area contributed by atoms with Crippen LogP contribution in [0, 0.1) is 6.92 Å². The summed E-state index contributed by atoms with van der Waals surface area (Å²) in [5, 5.41) is 15.0. The van der Waals surface area contributed by atoms with Gasteiger partial charge in [0.1, 0.15) is 0 Å². The van der Waals surface area contributed by atoms with Crippen molar-refractivity contribution < 1.29 is 0 Å². The van der Waals surface area contributed by atoms with Crippen LogP contribution < -0.4 is 5.73 Å². The van der Waals surface area contributed by atoms with Crippen LogP contribution in [0.1, 0.15) is 17.2 Å². The van der Waals surface area contributed by atoms with E-state index in [2.05, 4.69) is 20.3 Å². The molecule has 3 heterocycles. The van der Waals surface area contributed by atoms with E-state index < -0.39 is 0 Å². The maximum absolute atomic E-state index is 5.59. The molecule has 0 bridgehead atoms. The lowest BCUT2D eigenvalue weighted by Crippen LogP contribution is -2.01. The van der Waals surface area contributed by atoms with Crippen LogP contribution in [0.2, 0.25) is 0 Å². The topological polar surface area (TPSA) is 82.0 Å². The summed E-state index contributed by atoms with van der Waals surface area (Å²) in [4.78, 5) is 4.20. The van der Waals surface area contributed by atoms with E-state index in [1.807, 2.05) is 24.4 Å². The van der Waals surface area contributed by atoms with Crippen molar-refractivity contribution in [3.05, 3.63) is 34.7 Å². The van der Waals surface area contributed by atoms with Gasteiger partial charge in [-0.3, -0.25) is 0 Å². The molecule has 6 nitrogen and oxygen atoms in total. The molecule has 2 N–H and O–H groups in total. The molecular weight excluding hydrogens is 236 g/mol. The Kier molecular flexibility index (Phi) is 2.25. The number of fused-ring (bicyclic) bond motifs is 1. The summed E-state index contributed by atoms with van der Waals surface area (Å²) in [5.41, 5.74) is 8.16. The largest absolute Gasteiger partial charge is 0.375 e. The molecule has 0 saturated carbocycles. The van der Waals surface area contributed by atoms with Crippen LogP contribution in [0.25, 0.3) is 5.65 Å². The molecule has 0 saturated heterocycles. The van der Waals surface area contributed by atoms with Gasteiger partial charge in [0, 0.05) is 5.38 Å². The summed E-state index contributed by atoms with van der Waals surface area (Å²) >= 11 is 1.42. The first-order chi connectivity index (χ1) is 8.22. The lowest BCUT2D eigenvalue weighted by Gasteiger charge is -1.97. The number of aryl methyl sites for hydroxylation is 1. The number of nitrogens with zero attached hydrogens (tertiary/aromatic N) is 5. The van der Waals surface area contributed by atoms with Gasteiger partial charge in [-0.1, -0.05) is 0 Å². The molecule has 7 heteroatoms. The minimum atomic E-state index is 0.568. The van der Waals surface area contributed by atoms with Gasteiger partial charge in [0.15, 0.2) is 16.6 Å². The van der Waals surface area contributed by atoms with Crippen molar-refractivity contribution >= 4 is 22.1 Å². The maximum Gasteiger partial charge on any atom is 0.180 e. The number of hydrogen-bond donors (Lipinski definition) is 1. The van der Waals surface area contributed by atoms with Gasteiger partial charge in [0.25, 0.3) is 0 Å². The molecule has 0 aromatic carbocycles. The summed E-state index contributed by atoms with van der Waals surface area (Å²) in [5.74, 6) is 0.772. The fraction of sp³-hybridized carbons (Fsp3) is 0.200. The second-order valence-electron chi connectivity index (χ2n) is 3.71. The molecule has 3 aromatic rings. The highest BCUT2D eigenvalue weighted by molar-refractivity contribution is 7.13. The number of nitrogens with two attached hydrogens (primary N) is 1. The second kappa shape index (κ2) is 3.77. The standard InChI is InChI=1S/C10H10N6S/c1-6-2-3-8-13-14-9(16(8)15-6)4-7-5-17-10(11)12-7/h2-3,5H,4H2,1H3,(H2,11,12). The molecule has 0 aliphatic heterocycles. The molecular formula is C10H10N6S. The van der Waals surface area contributed by atoms with Crippen LogP contribution in [0.4, 0.5) is 5.13 Å². The summed E-state index contributed by atoms with van der Waals surface area (Å²) in [6, 6.07) is 3.81. The lowest BCUT2D eigenvalue weighted by atomic mass is 10.3. The third kappa shape index (κ3) is 1.84. The summed E-state index contributed by atoms with van der Waals surface area (Å²) in [6.45, 7) is 1.93. The van der Waals surface area contributed by atoms with Crippen LogP contribution in [0.3, 0.4) is 0 Å². The van der Waals surface area contributed by atoms with Crippen molar-refractivity contribution in [1.29, 1.82) is 0 Å². The summed E-state index contributed by atoms with van der Waals surface area (Å²) in [7, 11) is 0. The zero-order chi connectivity index (χ0) is 11.8. The number of rotatable bonds is 2. The minimum Gasteiger partial charge on any atom is -0.375 e. The van der Waals surface area contributed by atoms with Crippen molar-refractivity contribution in [1.82, 2.24) is 24.8 Å². The molecule has 0 spiro atoms. The molecule has 3 rings (SSSR count). The predicted molar refractivity (Wildman–Crippen MR) is 64.9 cm³/mol. The highest BCUT2D eigenvalue weighted by Gasteiger charge is 2.09. The van der Waals surface area contributed by atoms with Crippen molar-refractivity contribution in [3.8, 4) is 0 Å². The van der Waals surface area contributed by atoms with Crippen molar-refractivity contribution in [2.45, 2.75) is 13.3 Å². The number of thiazole rings is 1. The molecule has 3 aromatic heterocycles. The van der Waals surface area contributed by atoms with Crippen LogP contribution >= 0.6 is 11.3 Å². The number of aromatic nitrogens is 5. The smallest absolute Gasteiger partial charge is 0.180 e. The van der Waals surface area contributed by atoms with Gasteiger partial charge < -0.3 is 5.73 Å². The van der Waals surface area contributed by atoms with Gasteiger partial charge in [-0.15, -0.1) is 21.5 Å². The first kappa shape index (κ1) is 10.2. The molecule has 0 atom stereocenters. The quantitative estimate of drug-likeness (QED) is 0.731. The van der Waals surface area contributed by atoms with Gasteiger partial charge in [-0.25, -0.2) is 4.98 Å². The highest BCUT2D eigenvalue weighted by Crippen LogP contribution is 2.14. The van der Waals surface area contributed by atoms with Gasteiger partial charge in [-0.2, -0.15) is 9.61 Å². The Labute approximate surface area is 101 Å². The van der Waals surface area contributed by atoms with E-state index in [1.165, 1.54) is 11.3 Å². The zero-order valence-corrected chi connectivity index (χ0v) is 9.98. The third-order valence-electron chi connectivity index (χ3n) is 2.37. The Morgan fingerprint density at radius 1 is 1.35 bits per heavy atom. The van der Waals surface area contributed by atoms with Crippen LogP contribution in [-0.4, -0.2) is 24.8 Å². The van der Waals surface area contributed by atoms with Crippen LogP contribution in [0.15, 0.2) is 17.5 Å². The molecule has 0 aliphatic rings. The number of nitrogen functional groups attached to an aromatic ring is 1. The van der Waals surface area contributed by atoms with E-state index in [-0.39, 0.29) is 0 Å². The van der Waals surface area contributed by atoms with Crippen molar-refractivity contribution in [2.75, 3.05) is 5.73 Å². The van der Waals surface area contributed by atoms with Gasteiger partial charge in [0.2, 0.25) is 0 Å². The average Bonchev–Trinajstić information content (AvgIpc) is 2.87. The fourth-order valence-corrected chi connectivity index (χ4v) is 2.16. The van der Waals surface area contributed by atoms with E-state index in [0.29, 0.717) is 11.6 Å². The zero-order valence-electron chi connectivity index (χ0n) is 9.16. The van der Waals surface area contributed by atoms with Crippen LogP contribution in [0.5, 0.6) is 0 Å². The highest BCUT2D eigenvalue weighted by atomic mass is 32.1. The SMILES string of the molecule is Cc1ccc2nnc(Cc3csc(N)n3)n2n1. The molecule has 0 amide bonds. The number of anilines is 1. The normalized spacial score (nSPS) is 11.1. The van der Waals surface area contributed by atoms with E-state index in [1.54, 1.807) is 4.52 Å².